The number of ketones is 1. The fourth-order valence-corrected chi connectivity index (χ4v) is 2.18. The van der Waals surface area contributed by atoms with Crippen LogP contribution >= 0.6 is 0 Å². The average Bonchev–Trinajstić information content (AvgIpc) is 2.91. The van der Waals surface area contributed by atoms with Crippen molar-refractivity contribution in [1.29, 1.82) is 0 Å². The number of carbonyl (C=O) groups is 5. The first-order chi connectivity index (χ1) is 12.4. The quantitative estimate of drug-likeness (QED) is 0.328. The lowest BCUT2D eigenvalue weighted by molar-refractivity contribution is -0.137. The van der Waals surface area contributed by atoms with E-state index in [-0.39, 0.29) is 50.3 Å². The summed E-state index contributed by atoms with van der Waals surface area (Å²) < 4.78 is 5.28. The molecule has 0 radical (unpaired) electrons. The molecule has 0 saturated heterocycles. The topological polar surface area (TPSA) is 122 Å². The minimum absolute atomic E-state index is 0.0337. The highest BCUT2D eigenvalue weighted by Gasteiger charge is 2.23. The van der Waals surface area contributed by atoms with Crippen LogP contribution < -0.4 is 10.6 Å². The molecule has 0 atom stereocenters. The lowest BCUT2D eigenvalue weighted by Gasteiger charge is -2.13. The molecule has 9 nitrogen and oxygen atoms in total. The predicted octanol–water partition coefficient (Wildman–Crippen LogP) is -0.690. The molecule has 9 heteroatoms. The second-order valence-electron chi connectivity index (χ2n) is 5.75. The highest BCUT2D eigenvalue weighted by molar-refractivity contribution is 6.13. The Bertz CT molecular complexity index is 555. The van der Waals surface area contributed by atoms with Crippen LogP contribution in [0.4, 0.5) is 0 Å². The number of amides is 4. The van der Waals surface area contributed by atoms with Crippen LogP contribution in [0.5, 0.6) is 0 Å². The van der Waals surface area contributed by atoms with Crippen LogP contribution in [0.1, 0.15) is 32.6 Å². The molecule has 1 aliphatic rings. The van der Waals surface area contributed by atoms with E-state index in [1.165, 1.54) is 19.1 Å². The van der Waals surface area contributed by atoms with Gasteiger partial charge in [-0.05, 0) is 6.42 Å². The van der Waals surface area contributed by atoms with E-state index in [1.54, 1.807) is 0 Å². The van der Waals surface area contributed by atoms with E-state index in [0.717, 1.165) is 4.90 Å². The Morgan fingerprint density at radius 1 is 0.962 bits per heavy atom. The van der Waals surface area contributed by atoms with Crippen LogP contribution in [0.3, 0.4) is 0 Å². The molecular formula is C17H25N3O6. The number of hydrogen-bond donors (Lipinski definition) is 2. The number of imide groups is 1. The minimum Gasteiger partial charge on any atom is -0.379 e. The van der Waals surface area contributed by atoms with Gasteiger partial charge in [0.15, 0.2) is 0 Å². The summed E-state index contributed by atoms with van der Waals surface area (Å²) in [6, 6.07) is 0. The molecule has 1 aliphatic heterocycles. The molecule has 0 aromatic heterocycles. The van der Waals surface area contributed by atoms with Crippen LogP contribution in [-0.4, -0.2) is 67.2 Å². The van der Waals surface area contributed by atoms with Gasteiger partial charge in [0.2, 0.25) is 11.8 Å². The highest BCUT2D eigenvalue weighted by Crippen LogP contribution is 2.03. The molecule has 0 aromatic rings. The number of Topliss-reactive ketones (excluding diaryl/α,β-unsaturated/α-hetero) is 1. The third kappa shape index (κ3) is 9.07. The Morgan fingerprint density at radius 2 is 1.65 bits per heavy atom. The van der Waals surface area contributed by atoms with Crippen molar-refractivity contribution in [2.75, 3.05) is 32.8 Å². The van der Waals surface area contributed by atoms with Crippen molar-refractivity contribution in [2.45, 2.75) is 32.6 Å². The maximum Gasteiger partial charge on any atom is 0.253 e. The highest BCUT2D eigenvalue weighted by atomic mass is 16.5. The smallest absolute Gasteiger partial charge is 0.253 e. The van der Waals surface area contributed by atoms with Gasteiger partial charge in [0.1, 0.15) is 5.78 Å². The van der Waals surface area contributed by atoms with Crippen molar-refractivity contribution in [2.24, 2.45) is 0 Å². The van der Waals surface area contributed by atoms with Crippen molar-refractivity contribution >= 4 is 29.4 Å². The molecule has 0 bridgehead atoms. The number of carbonyl (C=O) groups excluding carboxylic acids is 5. The van der Waals surface area contributed by atoms with Crippen LogP contribution in [0, 0.1) is 0 Å². The molecular weight excluding hydrogens is 342 g/mol. The van der Waals surface area contributed by atoms with Crippen molar-refractivity contribution in [3.63, 3.8) is 0 Å². The SMILES string of the molecule is CC(=O)NCCCC(=O)CCOCCNC(=O)CCN1C(=O)C=CC1=O. The maximum atomic E-state index is 11.6. The van der Waals surface area contributed by atoms with Crippen LogP contribution in [-0.2, 0) is 28.7 Å². The average molecular weight is 367 g/mol. The van der Waals surface area contributed by atoms with Crippen LogP contribution in [0.25, 0.3) is 0 Å². The van der Waals surface area contributed by atoms with E-state index in [2.05, 4.69) is 10.6 Å². The Morgan fingerprint density at radius 3 is 2.31 bits per heavy atom. The first kappa shape index (κ1) is 21.5. The van der Waals surface area contributed by atoms with Crippen molar-refractivity contribution in [3.8, 4) is 0 Å². The zero-order chi connectivity index (χ0) is 19.4. The molecule has 2 N–H and O–H groups in total. The zero-order valence-corrected chi connectivity index (χ0v) is 14.9. The summed E-state index contributed by atoms with van der Waals surface area (Å²) in [7, 11) is 0. The molecule has 4 amide bonds. The second kappa shape index (κ2) is 11.9. The summed E-state index contributed by atoms with van der Waals surface area (Å²) >= 11 is 0. The lowest BCUT2D eigenvalue weighted by Crippen LogP contribution is -2.35. The van der Waals surface area contributed by atoms with Gasteiger partial charge in [0, 0.05) is 58.0 Å². The van der Waals surface area contributed by atoms with Gasteiger partial charge < -0.3 is 15.4 Å². The second-order valence-corrected chi connectivity index (χ2v) is 5.75. The Hall–Kier alpha value is -2.55. The Balaban J connectivity index is 1.95. The standard InChI is InChI=1S/C17H25N3O6/c1-13(21)18-8-2-3-14(22)7-11-26-12-9-19-15(23)6-10-20-16(24)4-5-17(20)25/h4-5H,2-3,6-12H2,1H3,(H,18,21)(H,19,23). The van der Waals surface area contributed by atoms with Gasteiger partial charge in [0.05, 0.1) is 13.2 Å². The molecule has 144 valence electrons. The largest absolute Gasteiger partial charge is 0.379 e. The molecule has 1 rings (SSSR count). The Kier molecular flexibility index (Phi) is 9.85. The number of nitrogens with one attached hydrogen (secondary N) is 2. The zero-order valence-electron chi connectivity index (χ0n) is 14.9. The number of ether oxygens (including phenoxy) is 1. The van der Waals surface area contributed by atoms with E-state index in [9.17, 15) is 24.0 Å². The van der Waals surface area contributed by atoms with Gasteiger partial charge in [-0.2, -0.15) is 0 Å². The summed E-state index contributed by atoms with van der Waals surface area (Å²) in [6.45, 7) is 2.79. The van der Waals surface area contributed by atoms with Gasteiger partial charge in [-0.15, -0.1) is 0 Å². The van der Waals surface area contributed by atoms with Gasteiger partial charge >= 0.3 is 0 Å². The van der Waals surface area contributed by atoms with E-state index >= 15 is 0 Å². The van der Waals surface area contributed by atoms with Crippen molar-refractivity contribution in [3.05, 3.63) is 12.2 Å². The predicted molar refractivity (Wildman–Crippen MR) is 91.8 cm³/mol. The normalized spacial score (nSPS) is 13.2. The van der Waals surface area contributed by atoms with E-state index < -0.39 is 11.8 Å². The number of nitrogens with zero attached hydrogens (tertiary/aromatic N) is 1. The third-order valence-corrected chi connectivity index (χ3v) is 3.56. The molecule has 0 fully saturated rings. The van der Waals surface area contributed by atoms with Crippen LogP contribution in [0.15, 0.2) is 12.2 Å². The van der Waals surface area contributed by atoms with Crippen LogP contribution in [0.2, 0.25) is 0 Å². The molecule has 0 spiro atoms. The van der Waals surface area contributed by atoms with E-state index in [1.807, 2.05) is 0 Å². The molecule has 0 aliphatic carbocycles. The maximum absolute atomic E-state index is 11.6. The first-order valence-corrected chi connectivity index (χ1v) is 8.54. The molecule has 0 aromatic carbocycles. The van der Waals surface area contributed by atoms with E-state index in [0.29, 0.717) is 25.8 Å². The molecule has 0 unspecified atom stereocenters. The van der Waals surface area contributed by atoms with Crippen molar-refractivity contribution in [1.82, 2.24) is 15.5 Å². The van der Waals surface area contributed by atoms with E-state index in [4.69, 9.17) is 4.74 Å². The van der Waals surface area contributed by atoms with Gasteiger partial charge in [-0.3, -0.25) is 28.9 Å². The molecule has 1 heterocycles. The summed E-state index contributed by atoms with van der Waals surface area (Å²) in [5.41, 5.74) is 0. The fraction of sp³-hybridized carbons (Fsp3) is 0.588. The summed E-state index contributed by atoms with van der Waals surface area (Å²) in [5.74, 6) is -1.15. The van der Waals surface area contributed by atoms with Gasteiger partial charge in [-0.25, -0.2) is 0 Å². The lowest BCUT2D eigenvalue weighted by atomic mass is 10.2. The summed E-state index contributed by atoms with van der Waals surface area (Å²) in [4.78, 5) is 57.5. The Labute approximate surface area is 152 Å². The van der Waals surface area contributed by atoms with Crippen molar-refractivity contribution < 1.29 is 28.7 Å². The number of hydrogen-bond acceptors (Lipinski definition) is 6. The van der Waals surface area contributed by atoms with Gasteiger partial charge in [-0.1, -0.05) is 0 Å². The third-order valence-electron chi connectivity index (χ3n) is 3.56. The van der Waals surface area contributed by atoms with Gasteiger partial charge in [0.25, 0.3) is 11.8 Å². The fourth-order valence-electron chi connectivity index (χ4n) is 2.18. The summed E-state index contributed by atoms with van der Waals surface area (Å²) in [6.07, 6.45) is 3.67. The molecule has 0 saturated carbocycles. The first-order valence-electron chi connectivity index (χ1n) is 8.54. The molecule has 26 heavy (non-hydrogen) atoms. The number of rotatable bonds is 13. The minimum atomic E-state index is -0.409. The summed E-state index contributed by atoms with van der Waals surface area (Å²) in [5, 5.41) is 5.24. The monoisotopic (exact) mass is 367 g/mol.